The molecule has 0 atom stereocenters. The van der Waals surface area contributed by atoms with Crippen molar-refractivity contribution in [1.29, 1.82) is 0 Å². The zero-order chi connectivity index (χ0) is 22.5. The van der Waals surface area contributed by atoms with Gasteiger partial charge in [-0.05, 0) is 56.9 Å². The van der Waals surface area contributed by atoms with Gasteiger partial charge in [0, 0.05) is 24.5 Å². The van der Waals surface area contributed by atoms with E-state index in [0.29, 0.717) is 12.1 Å². The maximum atomic E-state index is 12.8. The van der Waals surface area contributed by atoms with Crippen LogP contribution in [0.3, 0.4) is 0 Å². The summed E-state index contributed by atoms with van der Waals surface area (Å²) in [6, 6.07) is 25.6. The monoisotopic (exact) mass is 435 g/mol. The van der Waals surface area contributed by atoms with Crippen LogP contribution >= 0.6 is 0 Å². The number of rotatable bonds is 7. The highest BCUT2D eigenvalue weighted by atomic mass is 16.1. The Kier molecular flexibility index (Phi) is 5.71. The van der Waals surface area contributed by atoms with Gasteiger partial charge in [0.1, 0.15) is 6.33 Å². The summed E-state index contributed by atoms with van der Waals surface area (Å²) >= 11 is 0. The van der Waals surface area contributed by atoms with Gasteiger partial charge in [0.05, 0.1) is 12.2 Å². The van der Waals surface area contributed by atoms with Crippen molar-refractivity contribution < 1.29 is 4.79 Å². The van der Waals surface area contributed by atoms with Crippen LogP contribution < -0.4 is 5.32 Å². The molecule has 3 aromatic carbocycles. The van der Waals surface area contributed by atoms with Crippen molar-refractivity contribution in [3.63, 3.8) is 0 Å². The molecule has 2 aromatic heterocycles. The van der Waals surface area contributed by atoms with Gasteiger partial charge < -0.3 is 5.32 Å². The number of nitrogens with zero attached hydrogens (tertiary/aromatic N) is 6. The fraction of sp³-hybridized carbons (Fsp3) is 0.0800. The molecule has 8 nitrogen and oxygen atoms in total. The molecule has 33 heavy (non-hydrogen) atoms. The predicted molar refractivity (Wildman–Crippen MR) is 124 cm³/mol. The molecule has 0 aliphatic heterocycles. The molecule has 0 aliphatic rings. The first kappa shape index (κ1) is 20.3. The van der Waals surface area contributed by atoms with E-state index >= 15 is 0 Å². The highest BCUT2D eigenvalue weighted by Crippen LogP contribution is 2.24. The molecule has 5 rings (SSSR count). The van der Waals surface area contributed by atoms with Crippen molar-refractivity contribution in [2.45, 2.75) is 13.1 Å². The quantitative estimate of drug-likeness (QED) is 0.423. The third-order valence-electron chi connectivity index (χ3n) is 5.35. The first-order valence-corrected chi connectivity index (χ1v) is 10.5. The topological polar surface area (TPSA) is 90.5 Å². The van der Waals surface area contributed by atoms with Crippen LogP contribution in [0.4, 0.5) is 0 Å². The van der Waals surface area contributed by atoms with E-state index in [0.717, 1.165) is 28.9 Å². The predicted octanol–water partition coefficient (Wildman–Crippen LogP) is 3.50. The van der Waals surface area contributed by atoms with Gasteiger partial charge in [0.2, 0.25) is 0 Å². The molecule has 0 saturated heterocycles. The fourth-order valence-corrected chi connectivity index (χ4v) is 3.67. The van der Waals surface area contributed by atoms with E-state index in [9.17, 15) is 4.79 Å². The number of nitrogens with one attached hydrogen (secondary N) is 1. The smallest absolute Gasteiger partial charge is 0.251 e. The maximum Gasteiger partial charge on any atom is 0.251 e. The molecule has 2 heterocycles. The lowest BCUT2D eigenvalue weighted by Crippen LogP contribution is -2.23. The Labute approximate surface area is 190 Å². The summed E-state index contributed by atoms with van der Waals surface area (Å²) in [5.74, 6) is -0.158. The van der Waals surface area contributed by atoms with Crippen molar-refractivity contribution in [1.82, 2.24) is 35.3 Å². The number of carbonyl (C=O) groups is 1. The zero-order valence-corrected chi connectivity index (χ0v) is 17.7. The minimum atomic E-state index is -0.158. The van der Waals surface area contributed by atoms with Gasteiger partial charge >= 0.3 is 0 Å². The van der Waals surface area contributed by atoms with Crippen LogP contribution in [0, 0.1) is 0 Å². The molecule has 0 fully saturated rings. The van der Waals surface area contributed by atoms with Gasteiger partial charge in [-0.15, -0.1) is 5.10 Å². The summed E-state index contributed by atoms with van der Waals surface area (Å²) in [5, 5.41) is 18.4. The third kappa shape index (κ3) is 4.69. The molecule has 1 amide bonds. The van der Waals surface area contributed by atoms with Crippen LogP contribution in [0.2, 0.25) is 0 Å². The number of hydrogen-bond donors (Lipinski definition) is 1. The van der Waals surface area contributed by atoms with Crippen LogP contribution in [0.5, 0.6) is 0 Å². The van der Waals surface area contributed by atoms with E-state index in [1.54, 1.807) is 18.3 Å². The van der Waals surface area contributed by atoms with Gasteiger partial charge in [-0.25, -0.2) is 4.68 Å². The van der Waals surface area contributed by atoms with Crippen LogP contribution in [-0.4, -0.2) is 35.9 Å². The molecule has 0 unspecified atom stereocenters. The fourth-order valence-electron chi connectivity index (χ4n) is 3.67. The first-order chi connectivity index (χ1) is 16.3. The lowest BCUT2D eigenvalue weighted by Gasteiger charge is -2.12. The normalized spacial score (nSPS) is 10.8. The minimum Gasteiger partial charge on any atom is -0.348 e. The van der Waals surface area contributed by atoms with Gasteiger partial charge in [-0.2, -0.15) is 5.10 Å². The standard InChI is InChI=1S/C25H21N7O/c33-25(21-6-3-7-23(15-21)32-18-27-29-30-32)26-16-22-5-1-2-8-24(22)20-11-9-19(10-12-20)17-31-14-4-13-28-31/h1-15,18H,16-17H2,(H,26,33). The first-order valence-electron chi connectivity index (χ1n) is 10.5. The highest BCUT2D eigenvalue weighted by Gasteiger charge is 2.10. The molecule has 162 valence electrons. The summed E-state index contributed by atoms with van der Waals surface area (Å²) in [7, 11) is 0. The maximum absolute atomic E-state index is 12.8. The largest absolute Gasteiger partial charge is 0.348 e. The van der Waals surface area contributed by atoms with E-state index in [1.807, 2.05) is 47.3 Å². The van der Waals surface area contributed by atoms with Crippen molar-refractivity contribution in [3.05, 3.63) is 114 Å². The summed E-state index contributed by atoms with van der Waals surface area (Å²) < 4.78 is 3.41. The summed E-state index contributed by atoms with van der Waals surface area (Å²) in [6.07, 6.45) is 5.22. The number of hydrogen-bond acceptors (Lipinski definition) is 5. The van der Waals surface area contributed by atoms with Crippen LogP contribution in [0.1, 0.15) is 21.5 Å². The number of aromatic nitrogens is 6. The number of benzene rings is 3. The van der Waals surface area contributed by atoms with Gasteiger partial charge in [0.25, 0.3) is 5.91 Å². The van der Waals surface area contributed by atoms with Crippen molar-refractivity contribution in [3.8, 4) is 16.8 Å². The average molecular weight is 435 g/mol. The average Bonchev–Trinajstić information content (AvgIpc) is 3.58. The summed E-state index contributed by atoms with van der Waals surface area (Å²) in [5.41, 5.74) is 5.68. The molecular weight excluding hydrogens is 414 g/mol. The number of carbonyl (C=O) groups excluding carboxylic acids is 1. The van der Waals surface area contributed by atoms with Crippen molar-refractivity contribution >= 4 is 5.91 Å². The molecular formula is C25H21N7O. The molecule has 0 bridgehead atoms. The van der Waals surface area contributed by atoms with Gasteiger partial charge in [-0.1, -0.05) is 54.6 Å². The minimum absolute atomic E-state index is 0.158. The summed E-state index contributed by atoms with van der Waals surface area (Å²) in [4.78, 5) is 12.8. The van der Waals surface area contributed by atoms with Crippen LogP contribution in [0.15, 0.2) is 97.6 Å². The Morgan fingerprint density at radius 1 is 0.939 bits per heavy atom. The van der Waals surface area contributed by atoms with Crippen molar-refractivity contribution in [2.75, 3.05) is 0 Å². The third-order valence-corrected chi connectivity index (χ3v) is 5.35. The Balaban J connectivity index is 1.29. The number of tetrazole rings is 1. The SMILES string of the molecule is O=C(NCc1ccccc1-c1ccc(Cn2cccn2)cc1)c1cccc(-n2cnnn2)c1. The molecule has 0 radical (unpaired) electrons. The second-order valence-electron chi connectivity index (χ2n) is 7.55. The Morgan fingerprint density at radius 3 is 2.61 bits per heavy atom. The van der Waals surface area contributed by atoms with E-state index < -0.39 is 0 Å². The Hall–Kier alpha value is -4.59. The molecule has 5 aromatic rings. The molecule has 0 spiro atoms. The second-order valence-corrected chi connectivity index (χ2v) is 7.55. The zero-order valence-electron chi connectivity index (χ0n) is 17.7. The molecule has 0 aliphatic carbocycles. The van der Waals surface area contributed by atoms with Gasteiger partial charge in [0.15, 0.2) is 0 Å². The van der Waals surface area contributed by atoms with E-state index in [-0.39, 0.29) is 5.91 Å². The lowest BCUT2D eigenvalue weighted by atomic mass is 9.98. The van der Waals surface area contributed by atoms with Crippen LogP contribution in [0.25, 0.3) is 16.8 Å². The highest BCUT2D eigenvalue weighted by molar-refractivity contribution is 5.94. The van der Waals surface area contributed by atoms with E-state index in [1.165, 1.54) is 16.6 Å². The Bertz CT molecular complexity index is 1340. The number of amides is 1. The summed E-state index contributed by atoms with van der Waals surface area (Å²) in [6.45, 7) is 1.15. The lowest BCUT2D eigenvalue weighted by molar-refractivity contribution is 0.0951. The van der Waals surface area contributed by atoms with Crippen LogP contribution in [-0.2, 0) is 13.1 Å². The molecule has 0 saturated carbocycles. The molecule has 8 heteroatoms. The van der Waals surface area contributed by atoms with Gasteiger partial charge in [-0.3, -0.25) is 9.48 Å². The second kappa shape index (κ2) is 9.27. The van der Waals surface area contributed by atoms with Crippen molar-refractivity contribution in [2.24, 2.45) is 0 Å². The molecule has 1 N–H and O–H groups in total. The van der Waals surface area contributed by atoms with E-state index in [4.69, 9.17) is 0 Å². The Morgan fingerprint density at radius 2 is 1.82 bits per heavy atom. The van der Waals surface area contributed by atoms with E-state index in [2.05, 4.69) is 56.3 Å².